The van der Waals surface area contributed by atoms with Crippen molar-refractivity contribution >= 4 is 18.3 Å². The van der Waals surface area contributed by atoms with Gasteiger partial charge in [0.05, 0.1) is 12.7 Å². The van der Waals surface area contributed by atoms with Gasteiger partial charge in [0.2, 0.25) is 5.91 Å². The van der Waals surface area contributed by atoms with Crippen molar-refractivity contribution in [3.63, 3.8) is 0 Å². The van der Waals surface area contributed by atoms with Gasteiger partial charge in [0.15, 0.2) is 0 Å². The molecule has 1 fully saturated rings. The summed E-state index contributed by atoms with van der Waals surface area (Å²) in [6.45, 7) is 4.45. The molecule has 1 aliphatic heterocycles. The molecule has 3 unspecified atom stereocenters. The maximum Gasteiger partial charge on any atom is 0.248 e. The van der Waals surface area contributed by atoms with E-state index in [0.717, 1.165) is 30.9 Å². The van der Waals surface area contributed by atoms with Crippen LogP contribution in [0, 0.1) is 5.92 Å². The number of piperidine rings is 1. The van der Waals surface area contributed by atoms with Crippen LogP contribution in [0.5, 0.6) is 5.75 Å². The Bertz CT molecular complexity index is 875. The molecule has 1 amide bonds. The van der Waals surface area contributed by atoms with Gasteiger partial charge in [-0.3, -0.25) is 9.69 Å². The zero-order valence-electron chi connectivity index (χ0n) is 18.7. The smallest absolute Gasteiger partial charge is 0.248 e. The van der Waals surface area contributed by atoms with Crippen molar-refractivity contribution in [2.45, 2.75) is 25.0 Å². The summed E-state index contributed by atoms with van der Waals surface area (Å²) in [6.07, 6.45) is 0.591. The van der Waals surface area contributed by atoms with Crippen LogP contribution in [-0.2, 0) is 5.60 Å². The Kier molecular flexibility index (Phi) is 8.49. The average molecular weight is 448 g/mol. The van der Waals surface area contributed by atoms with E-state index in [2.05, 4.69) is 28.9 Å². The van der Waals surface area contributed by atoms with E-state index in [4.69, 9.17) is 10.5 Å². The van der Waals surface area contributed by atoms with Gasteiger partial charge >= 0.3 is 0 Å². The maximum absolute atomic E-state index is 11.8. The molecule has 0 spiro atoms. The summed E-state index contributed by atoms with van der Waals surface area (Å²) in [6, 6.07) is 15.5. The van der Waals surface area contributed by atoms with Crippen molar-refractivity contribution in [1.82, 2.24) is 9.80 Å². The molecular weight excluding hydrogens is 414 g/mol. The molecule has 3 N–H and O–H groups in total. The zero-order chi connectivity index (χ0) is 21.9. The Morgan fingerprint density at radius 3 is 2.55 bits per heavy atom. The molecule has 2 aromatic rings. The fourth-order valence-corrected chi connectivity index (χ4v) is 4.46. The number of hydrogen-bond donors (Lipinski definition) is 2. The third kappa shape index (κ3) is 5.57. The third-order valence-electron chi connectivity index (χ3n) is 6.29. The predicted octanol–water partition coefficient (Wildman–Crippen LogP) is 3.05. The first kappa shape index (κ1) is 25.1. The van der Waals surface area contributed by atoms with Gasteiger partial charge in [0.1, 0.15) is 5.75 Å². The molecular formula is C24H34ClN3O3. The number of rotatable bonds is 7. The second-order valence-electron chi connectivity index (χ2n) is 8.52. The lowest BCUT2D eigenvalue weighted by atomic mass is 9.74. The standard InChI is InChI=1S/C24H33N3O3.ClH/c1-17(18-8-10-22(30-4)11-9-18)27-13-12-24(29,21(16-27)15-26(2)3)20-7-5-6-19(14-20)23(25)28;/h5-11,14,17,21,29H,12-13,15-16H2,1-4H3,(H2,25,28);1H. The van der Waals surface area contributed by atoms with Crippen molar-refractivity contribution in [1.29, 1.82) is 0 Å². The van der Waals surface area contributed by atoms with E-state index in [1.807, 2.05) is 32.3 Å². The van der Waals surface area contributed by atoms with Crippen LogP contribution < -0.4 is 10.5 Å². The fourth-order valence-electron chi connectivity index (χ4n) is 4.46. The van der Waals surface area contributed by atoms with E-state index in [0.29, 0.717) is 12.0 Å². The second kappa shape index (κ2) is 10.5. The molecule has 3 rings (SSSR count). The molecule has 170 valence electrons. The summed E-state index contributed by atoms with van der Waals surface area (Å²) in [7, 11) is 5.71. The van der Waals surface area contributed by atoms with Crippen molar-refractivity contribution < 1.29 is 14.6 Å². The van der Waals surface area contributed by atoms with Gasteiger partial charge in [0, 0.05) is 37.2 Å². The Hall–Kier alpha value is -2.12. The third-order valence-corrected chi connectivity index (χ3v) is 6.29. The zero-order valence-corrected chi connectivity index (χ0v) is 19.6. The molecule has 1 aliphatic rings. The molecule has 1 heterocycles. The molecule has 7 heteroatoms. The summed E-state index contributed by atoms with van der Waals surface area (Å²) >= 11 is 0. The molecule has 0 radical (unpaired) electrons. The molecule has 0 saturated carbocycles. The summed E-state index contributed by atoms with van der Waals surface area (Å²) in [5.41, 5.74) is 6.88. The largest absolute Gasteiger partial charge is 0.497 e. The highest BCUT2D eigenvalue weighted by Gasteiger charge is 2.44. The minimum absolute atomic E-state index is 0. The number of carbonyl (C=O) groups is 1. The highest BCUT2D eigenvalue weighted by molar-refractivity contribution is 5.92. The fraction of sp³-hybridized carbons (Fsp3) is 0.458. The lowest BCUT2D eigenvalue weighted by Gasteiger charge is -2.47. The van der Waals surface area contributed by atoms with Crippen LogP contribution in [0.2, 0.25) is 0 Å². The summed E-state index contributed by atoms with van der Waals surface area (Å²) in [5, 5.41) is 11.8. The number of nitrogens with zero attached hydrogens (tertiary/aromatic N) is 2. The van der Waals surface area contributed by atoms with Gasteiger partial charge in [-0.05, 0) is 62.8 Å². The number of likely N-dealkylation sites (tertiary alicyclic amines) is 1. The number of halogens is 1. The molecule has 0 aromatic heterocycles. The van der Waals surface area contributed by atoms with Gasteiger partial charge in [-0.2, -0.15) is 0 Å². The van der Waals surface area contributed by atoms with Crippen molar-refractivity contribution in [2.24, 2.45) is 11.7 Å². The molecule has 2 aromatic carbocycles. The molecule has 31 heavy (non-hydrogen) atoms. The predicted molar refractivity (Wildman–Crippen MR) is 126 cm³/mol. The second-order valence-corrected chi connectivity index (χ2v) is 8.52. The van der Waals surface area contributed by atoms with Crippen LogP contribution in [0.15, 0.2) is 48.5 Å². The van der Waals surface area contributed by atoms with Gasteiger partial charge in [-0.15, -0.1) is 12.4 Å². The van der Waals surface area contributed by atoms with Crippen molar-refractivity contribution in [3.05, 3.63) is 65.2 Å². The average Bonchev–Trinajstić information content (AvgIpc) is 2.74. The Balaban J connectivity index is 0.00000341. The van der Waals surface area contributed by atoms with Crippen LogP contribution in [0.25, 0.3) is 0 Å². The topological polar surface area (TPSA) is 79.0 Å². The normalized spacial score (nSPS) is 22.6. The monoisotopic (exact) mass is 447 g/mol. The summed E-state index contributed by atoms with van der Waals surface area (Å²) in [4.78, 5) is 16.2. The van der Waals surface area contributed by atoms with E-state index in [1.54, 1.807) is 25.3 Å². The first-order valence-electron chi connectivity index (χ1n) is 10.4. The maximum atomic E-state index is 11.8. The van der Waals surface area contributed by atoms with E-state index in [9.17, 15) is 9.90 Å². The minimum atomic E-state index is -1.01. The number of benzene rings is 2. The first-order chi connectivity index (χ1) is 14.2. The summed E-state index contributed by atoms with van der Waals surface area (Å²) in [5.74, 6) is 0.360. The number of nitrogens with two attached hydrogens (primary N) is 1. The van der Waals surface area contributed by atoms with Gasteiger partial charge in [0.25, 0.3) is 0 Å². The van der Waals surface area contributed by atoms with Crippen LogP contribution in [-0.4, -0.2) is 61.7 Å². The molecule has 6 nitrogen and oxygen atoms in total. The number of primary amides is 1. The summed E-state index contributed by atoms with van der Waals surface area (Å²) < 4.78 is 5.27. The number of methoxy groups -OCH3 is 1. The quantitative estimate of drug-likeness (QED) is 0.682. The molecule has 0 bridgehead atoms. The molecule has 3 atom stereocenters. The van der Waals surface area contributed by atoms with E-state index in [-0.39, 0.29) is 24.4 Å². The van der Waals surface area contributed by atoms with Crippen molar-refractivity contribution in [3.8, 4) is 5.75 Å². The van der Waals surface area contributed by atoms with E-state index in [1.165, 1.54) is 5.56 Å². The van der Waals surface area contributed by atoms with Gasteiger partial charge in [-0.25, -0.2) is 0 Å². The Morgan fingerprint density at radius 2 is 1.97 bits per heavy atom. The lowest BCUT2D eigenvalue weighted by Crippen LogP contribution is -2.53. The number of hydrogen-bond acceptors (Lipinski definition) is 5. The van der Waals surface area contributed by atoms with E-state index >= 15 is 0 Å². The first-order valence-corrected chi connectivity index (χ1v) is 10.4. The molecule has 0 aliphatic carbocycles. The highest BCUT2D eigenvalue weighted by Crippen LogP contribution is 2.40. The van der Waals surface area contributed by atoms with Gasteiger partial charge in [-0.1, -0.05) is 24.3 Å². The Labute approximate surface area is 191 Å². The number of aliphatic hydroxyl groups is 1. The number of amides is 1. The van der Waals surface area contributed by atoms with Gasteiger partial charge < -0.3 is 20.5 Å². The van der Waals surface area contributed by atoms with Crippen LogP contribution in [0.3, 0.4) is 0 Å². The van der Waals surface area contributed by atoms with Crippen LogP contribution in [0.1, 0.15) is 40.9 Å². The lowest BCUT2D eigenvalue weighted by molar-refractivity contribution is -0.0916. The highest BCUT2D eigenvalue weighted by atomic mass is 35.5. The Morgan fingerprint density at radius 1 is 1.29 bits per heavy atom. The molecule has 1 saturated heterocycles. The van der Waals surface area contributed by atoms with Crippen molar-refractivity contribution in [2.75, 3.05) is 40.8 Å². The van der Waals surface area contributed by atoms with Crippen LogP contribution >= 0.6 is 12.4 Å². The van der Waals surface area contributed by atoms with E-state index < -0.39 is 11.5 Å². The van der Waals surface area contributed by atoms with Crippen LogP contribution in [0.4, 0.5) is 0 Å². The number of carbonyl (C=O) groups excluding carboxylic acids is 1. The number of ether oxygens (including phenoxy) is 1. The SMILES string of the molecule is COc1ccc(C(C)N2CCC(O)(c3cccc(C(N)=O)c3)C(CN(C)C)C2)cc1.Cl. The minimum Gasteiger partial charge on any atom is -0.497 e.